The van der Waals surface area contributed by atoms with E-state index in [1.54, 1.807) is 12.1 Å². The lowest BCUT2D eigenvalue weighted by Crippen LogP contribution is -2.36. The number of Topliss-reactive ketones (excluding diaryl/α,β-unsaturated/α-hetero) is 1. The van der Waals surface area contributed by atoms with Crippen LogP contribution in [0.15, 0.2) is 42.5 Å². The standard InChI is InChI=1S/C20H24O3/c1-20-13-7-3-6-10-16(17(20)11-12-18(20)21)14-23-19(22)15-8-4-2-5-9-15/h2-5,7-9,16-17H,6,10-14H2,1H3/b7-3-/t16-,17-,20-/m1/s1. The van der Waals surface area contributed by atoms with E-state index in [2.05, 4.69) is 19.1 Å². The molecule has 2 aliphatic rings. The summed E-state index contributed by atoms with van der Waals surface area (Å²) in [5.41, 5.74) is 0.310. The third-order valence-electron chi connectivity index (χ3n) is 5.56. The Morgan fingerprint density at radius 3 is 2.78 bits per heavy atom. The third-order valence-corrected chi connectivity index (χ3v) is 5.56. The first-order valence-corrected chi connectivity index (χ1v) is 8.52. The predicted molar refractivity (Wildman–Crippen MR) is 89.0 cm³/mol. The highest BCUT2D eigenvalue weighted by Gasteiger charge is 2.48. The predicted octanol–water partition coefficient (Wildman–Crippen LogP) is 4.19. The zero-order valence-electron chi connectivity index (χ0n) is 13.7. The Bertz CT molecular complexity index is 605. The van der Waals surface area contributed by atoms with E-state index in [-0.39, 0.29) is 17.3 Å². The Balaban J connectivity index is 1.70. The Kier molecular flexibility index (Phi) is 4.65. The number of carbonyl (C=O) groups excluding carboxylic acids is 2. The highest BCUT2D eigenvalue weighted by atomic mass is 16.5. The molecule has 1 aromatic carbocycles. The molecule has 3 atom stereocenters. The van der Waals surface area contributed by atoms with Gasteiger partial charge in [0.05, 0.1) is 12.2 Å². The Morgan fingerprint density at radius 1 is 1.22 bits per heavy atom. The minimum absolute atomic E-state index is 0.268. The molecule has 0 aromatic heterocycles. The molecule has 0 aliphatic heterocycles. The summed E-state index contributed by atoms with van der Waals surface area (Å²) in [5.74, 6) is 0.690. The fraction of sp³-hybridized carbons (Fsp3) is 0.500. The van der Waals surface area contributed by atoms with Crippen molar-refractivity contribution in [3.05, 3.63) is 48.0 Å². The van der Waals surface area contributed by atoms with Crippen molar-refractivity contribution in [2.75, 3.05) is 6.61 Å². The van der Waals surface area contributed by atoms with Gasteiger partial charge in [-0.2, -0.15) is 0 Å². The van der Waals surface area contributed by atoms with Crippen LogP contribution in [0, 0.1) is 17.3 Å². The smallest absolute Gasteiger partial charge is 0.338 e. The van der Waals surface area contributed by atoms with Crippen LogP contribution in [0.1, 0.15) is 49.4 Å². The van der Waals surface area contributed by atoms with Crippen LogP contribution in [0.3, 0.4) is 0 Å². The molecule has 0 bridgehead atoms. The number of ketones is 1. The summed E-state index contributed by atoms with van der Waals surface area (Å²) < 4.78 is 5.58. The Labute approximate surface area is 137 Å². The summed E-state index contributed by atoms with van der Waals surface area (Å²) in [4.78, 5) is 24.5. The van der Waals surface area contributed by atoms with Gasteiger partial charge >= 0.3 is 5.97 Å². The molecule has 0 N–H and O–H groups in total. The van der Waals surface area contributed by atoms with Crippen molar-refractivity contribution >= 4 is 11.8 Å². The van der Waals surface area contributed by atoms with E-state index in [0.29, 0.717) is 30.3 Å². The van der Waals surface area contributed by atoms with Crippen molar-refractivity contribution in [2.24, 2.45) is 17.3 Å². The van der Waals surface area contributed by atoms with E-state index in [4.69, 9.17) is 4.74 Å². The lowest BCUT2D eigenvalue weighted by molar-refractivity contribution is -0.127. The van der Waals surface area contributed by atoms with E-state index in [9.17, 15) is 9.59 Å². The number of benzene rings is 1. The van der Waals surface area contributed by atoms with Gasteiger partial charge in [0.2, 0.25) is 0 Å². The normalized spacial score (nSPS) is 31.8. The maximum Gasteiger partial charge on any atom is 0.338 e. The van der Waals surface area contributed by atoms with Gasteiger partial charge < -0.3 is 4.74 Å². The molecular formula is C20H24O3. The van der Waals surface area contributed by atoms with Crippen molar-refractivity contribution in [3.8, 4) is 0 Å². The van der Waals surface area contributed by atoms with Crippen LogP contribution in [-0.2, 0) is 9.53 Å². The van der Waals surface area contributed by atoms with Gasteiger partial charge in [0.25, 0.3) is 0 Å². The van der Waals surface area contributed by atoms with Gasteiger partial charge in [-0.05, 0) is 49.7 Å². The second-order valence-electron chi connectivity index (χ2n) is 6.96. The first-order chi connectivity index (χ1) is 11.1. The summed E-state index contributed by atoms with van der Waals surface area (Å²) in [5, 5.41) is 0. The van der Waals surface area contributed by atoms with Crippen LogP contribution >= 0.6 is 0 Å². The van der Waals surface area contributed by atoms with E-state index in [0.717, 1.165) is 25.7 Å². The van der Waals surface area contributed by atoms with E-state index in [1.165, 1.54) is 0 Å². The molecule has 0 heterocycles. The number of allylic oxidation sites excluding steroid dienone is 2. The van der Waals surface area contributed by atoms with Gasteiger partial charge in [0.15, 0.2) is 0 Å². The molecule has 1 saturated carbocycles. The number of hydrogen-bond donors (Lipinski definition) is 0. The van der Waals surface area contributed by atoms with Crippen LogP contribution in [0.5, 0.6) is 0 Å². The molecule has 3 heteroatoms. The van der Waals surface area contributed by atoms with Gasteiger partial charge in [0, 0.05) is 11.8 Å². The molecular weight excluding hydrogens is 288 g/mol. The monoisotopic (exact) mass is 312 g/mol. The van der Waals surface area contributed by atoms with Crippen molar-refractivity contribution < 1.29 is 14.3 Å². The van der Waals surface area contributed by atoms with Gasteiger partial charge in [-0.25, -0.2) is 4.79 Å². The van der Waals surface area contributed by atoms with Crippen LogP contribution in [-0.4, -0.2) is 18.4 Å². The third kappa shape index (κ3) is 3.24. The molecule has 0 unspecified atom stereocenters. The second kappa shape index (κ2) is 6.69. The first-order valence-electron chi connectivity index (χ1n) is 8.52. The molecule has 0 amide bonds. The van der Waals surface area contributed by atoms with Crippen molar-refractivity contribution in [2.45, 2.75) is 39.0 Å². The van der Waals surface area contributed by atoms with Gasteiger partial charge in [-0.3, -0.25) is 4.79 Å². The van der Waals surface area contributed by atoms with E-state index in [1.807, 2.05) is 18.2 Å². The lowest BCUT2D eigenvalue weighted by atomic mass is 9.68. The van der Waals surface area contributed by atoms with Gasteiger partial charge in [-0.1, -0.05) is 37.3 Å². The van der Waals surface area contributed by atoms with Gasteiger partial charge in [0.1, 0.15) is 5.78 Å². The number of fused-ring (bicyclic) bond motifs is 1. The quantitative estimate of drug-likeness (QED) is 0.621. The first kappa shape index (κ1) is 16.0. The summed E-state index contributed by atoms with van der Waals surface area (Å²) in [7, 11) is 0. The molecule has 0 radical (unpaired) electrons. The van der Waals surface area contributed by atoms with Crippen molar-refractivity contribution in [1.82, 2.24) is 0 Å². The van der Waals surface area contributed by atoms with Crippen LogP contribution in [0.25, 0.3) is 0 Å². The lowest BCUT2D eigenvalue weighted by Gasteiger charge is -2.36. The maximum atomic E-state index is 12.4. The highest BCUT2D eigenvalue weighted by molar-refractivity contribution is 5.89. The van der Waals surface area contributed by atoms with Crippen molar-refractivity contribution in [3.63, 3.8) is 0 Å². The minimum Gasteiger partial charge on any atom is -0.462 e. The molecule has 0 spiro atoms. The van der Waals surface area contributed by atoms with E-state index < -0.39 is 0 Å². The SMILES string of the molecule is C[C@@]12C/C=C\CC[C@H](COC(=O)c3ccccc3)[C@H]1CCC2=O. The van der Waals surface area contributed by atoms with E-state index >= 15 is 0 Å². The summed E-state index contributed by atoms with van der Waals surface area (Å²) in [6.07, 6.45) is 8.70. The maximum absolute atomic E-state index is 12.4. The number of esters is 1. The Morgan fingerprint density at radius 2 is 2.00 bits per heavy atom. The molecule has 0 saturated heterocycles. The fourth-order valence-corrected chi connectivity index (χ4v) is 4.12. The van der Waals surface area contributed by atoms with Crippen LogP contribution in [0.4, 0.5) is 0 Å². The summed E-state index contributed by atoms with van der Waals surface area (Å²) >= 11 is 0. The average molecular weight is 312 g/mol. The number of carbonyl (C=O) groups is 2. The Hall–Kier alpha value is -1.90. The molecule has 1 aromatic rings. The fourth-order valence-electron chi connectivity index (χ4n) is 4.12. The number of hydrogen-bond acceptors (Lipinski definition) is 3. The van der Waals surface area contributed by atoms with Crippen molar-refractivity contribution in [1.29, 1.82) is 0 Å². The molecule has 23 heavy (non-hydrogen) atoms. The summed E-state index contributed by atoms with van der Waals surface area (Å²) in [6.45, 7) is 2.50. The zero-order chi connectivity index (χ0) is 16.3. The zero-order valence-corrected chi connectivity index (χ0v) is 13.7. The van der Waals surface area contributed by atoms with Gasteiger partial charge in [-0.15, -0.1) is 0 Å². The molecule has 2 aliphatic carbocycles. The molecule has 1 fully saturated rings. The van der Waals surface area contributed by atoms with Crippen LogP contribution in [0.2, 0.25) is 0 Å². The minimum atomic E-state index is -0.277. The molecule has 3 rings (SSSR count). The topological polar surface area (TPSA) is 43.4 Å². The number of rotatable bonds is 3. The average Bonchev–Trinajstić information content (AvgIpc) is 2.84. The largest absolute Gasteiger partial charge is 0.462 e. The number of ether oxygens (including phenoxy) is 1. The summed E-state index contributed by atoms with van der Waals surface area (Å²) in [6, 6.07) is 9.10. The van der Waals surface area contributed by atoms with Crippen LogP contribution < -0.4 is 0 Å². The second-order valence-corrected chi connectivity index (χ2v) is 6.96. The molecule has 122 valence electrons. The highest BCUT2D eigenvalue weighted by Crippen LogP contribution is 2.49. The molecule has 3 nitrogen and oxygen atoms in total.